The maximum Gasteiger partial charge on any atom is 0.101 e. The van der Waals surface area contributed by atoms with Crippen molar-refractivity contribution in [1.29, 1.82) is 5.26 Å². The molecule has 0 radical (unpaired) electrons. The summed E-state index contributed by atoms with van der Waals surface area (Å²) >= 11 is 0. The largest absolute Gasteiger partial charge is 0.315 e. The van der Waals surface area contributed by atoms with Gasteiger partial charge >= 0.3 is 0 Å². The van der Waals surface area contributed by atoms with Gasteiger partial charge in [-0.25, -0.2) is 0 Å². The Balaban J connectivity index is 2.77. The zero-order valence-corrected chi connectivity index (χ0v) is 11.2. The van der Waals surface area contributed by atoms with E-state index in [9.17, 15) is 0 Å². The summed E-state index contributed by atoms with van der Waals surface area (Å²) in [4.78, 5) is 0. The summed E-state index contributed by atoms with van der Waals surface area (Å²) in [5.74, 6) is 0. The summed E-state index contributed by atoms with van der Waals surface area (Å²) in [6.07, 6.45) is 7.90. The molecule has 2 nitrogen and oxygen atoms in total. The molecular weight excluding hydrogens is 232 g/mol. The van der Waals surface area contributed by atoms with Gasteiger partial charge in [0.05, 0.1) is 16.8 Å². The maximum atomic E-state index is 9.13. The first-order valence-electron chi connectivity index (χ1n) is 6.19. The molecule has 2 rings (SSSR count). The second kappa shape index (κ2) is 5.41. The van der Waals surface area contributed by atoms with Crippen molar-refractivity contribution in [2.45, 2.75) is 13.8 Å². The fraction of sp³-hybridized carbons (Fsp3) is 0.118. The van der Waals surface area contributed by atoms with E-state index in [-0.39, 0.29) is 0 Å². The van der Waals surface area contributed by atoms with Crippen molar-refractivity contribution >= 4 is 11.1 Å². The zero-order chi connectivity index (χ0) is 13.8. The van der Waals surface area contributed by atoms with Crippen LogP contribution in [0, 0.1) is 11.3 Å². The molecule has 0 amide bonds. The summed E-state index contributed by atoms with van der Waals surface area (Å²) in [6.45, 7) is 7.96. The third kappa shape index (κ3) is 2.23. The topological polar surface area (TPSA) is 28.2 Å². The standard InChI is InChI=1S/C17H16N2/c1-4-7-13(3)15(5-2)17-10-9-14(12-18)16-8-6-11-19(16)17/h4-11H,2H2,1,3H3/b7-4-,15-13+. The SMILES string of the molecule is C=C/C(=C(C)\C=C/C)c1ccc(C#N)c2cccn12. The first-order chi connectivity index (χ1) is 9.22. The van der Waals surface area contributed by atoms with Gasteiger partial charge in [-0.1, -0.05) is 24.8 Å². The molecule has 2 heterocycles. The van der Waals surface area contributed by atoms with Gasteiger partial charge in [-0.2, -0.15) is 5.26 Å². The second-order valence-corrected chi connectivity index (χ2v) is 4.31. The van der Waals surface area contributed by atoms with Crippen LogP contribution in [0.15, 0.2) is 60.8 Å². The lowest BCUT2D eigenvalue weighted by atomic mass is 10.0. The molecule has 0 aliphatic rings. The van der Waals surface area contributed by atoms with Crippen molar-refractivity contribution in [2.24, 2.45) is 0 Å². The van der Waals surface area contributed by atoms with Gasteiger partial charge in [-0.15, -0.1) is 0 Å². The van der Waals surface area contributed by atoms with E-state index in [1.54, 1.807) is 0 Å². The lowest BCUT2D eigenvalue weighted by molar-refractivity contribution is 1.15. The number of nitriles is 1. The van der Waals surface area contributed by atoms with E-state index in [2.05, 4.69) is 25.6 Å². The van der Waals surface area contributed by atoms with Crippen LogP contribution in [0.3, 0.4) is 0 Å². The minimum absolute atomic E-state index is 0.681. The number of hydrogen-bond donors (Lipinski definition) is 0. The molecule has 0 saturated carbocycles. The molecule has 2 aromatic rings. The maximum absolute atomic E-state index is 9.13. The van der Waals surface area contributed by atoms with Crippen LogP contribution in [0.5, 0.6) is 0 Å². The number of allylic oxidation sites excluding steroid dienone is 5. The van der Waals surface area contributed by atoms with E-state index in [0.717, 1.165) is 22.4 Å². The summed E-state index contributed by atoms with van der Waals surface area (Å²) in [6, 6.07) is 9.95. The van der Waals surface area contributed by atoms with Crippen molar-refractivity contribution in [3.63, 3.8) is 0 Å². The van der Waals surface area contributed by atoms with Gasteiger partial charge in [-0.3, -0.25) is 0 Å². The highest BCUT2D eigenvalue weighted by Crippen LogP contribution is 2.24. The molecule has 2 heteroatoms. The number of aromatic nitrogens is 1. The highest BCUT2D eigenvalue weighted by Gasteiger charge is 2.08. The van der Waals surface area contributed by atoms with Gasteiger partial charge in [0.15, 0.2) is 0 Å². The Labute approximate surface area is 113 Å². The van der Waals surface area contributed by atoms with E-state index in [1.165, 1.54) is 0 Å². The lowest BCUT2D eigenvalue weighted by Gasteiger charge is -2.10. The quantitative estimate of drug-likeness (QED) is 0.742. The van der Waals surface area contributed by atoms with E-state index >= 15 is 0 Å². The molecule has 0 aliphatic carbocycles. The molecule has 2 aromatic heterocycles. The predicted octanol–water partition coefficient (Wildman–Crippen LogP) is 4.35. The summed E-state index contributed by atoms with van der Waals surface area (Å²) in [7, 11) is 0. The van der Waals surface area contributed by atoms with Crippen molar-refractivity contribution in [3.8, 4) is 6.07 Å². The minimum atomic E-state index is 0.681. The molecule has 0 spiro atoms. The molecule has 19 heavy (non-hydrogen) atoms. The van der Waals surface area contributed by atoms with Gasteiger partial charge < -0.3 is 4.40 Å². The van der Waals surface area contributed by atoms with Crippen LogP contribution >= 0.6 is 0 Å². The highest BCUT2D eigenvalue weighted by molar-refractivity contribution is 5.78. The molecule has 0 N–H and O–H groups in total. The van der Waals surface area contributed by atoms with Gasteiger partial charge in [0.2, 0.25) is 0 Å². The van der Waals surface area contributed by atoms with Gasteiger partial charge in [0, 0.05) is 11.8 Å². The van der Waals surface area contributed by atoms with Gasteiger partial charge in [-0.05, 0) is 43.7 Å². The molecule has 0 atom stereocenters. The fourth-order valence-corrected chi connectivity index (χ4v) is 2.26. The lowest BCUT2D eigenvalue weighted by Crippen LogP contribution is -1.97. The van der Waals surface area contributed by atoms with E-state index < -0.39 is 0 Å². The van der Waals surface area contributed by atoms with Crippen molar-refractivity contribution in [2.75, 3.05) is 0 Å². The van der Waals surface area contributed by atoms with Crippen LogP contribution in [0.2, 0.25) is 0 Å². The number of hydrogen-bond acceptors (Lipinski definition) is 1. The summed E-state index contributed by atoms with van der Waals surface area (Å²) in [5.41, 5.74) is 4.87. The molecular formula is C17H16N2. The normalized spacial score (nSPS) is 12.5. The Hall–Kier alpha value is -2.53. The third-order valence-corrected chi connectivity index (χ3v) is 3.13. The monoisotopic (exact) mass is 248 g/mol. The van der Waals surface area contributed by atoms with Crippen LogP contribution in [-0.4, -0.2) is 4.40 Å². The minimum Gasteiger partial charge on any atom is -0.315 e. The van der Waals surface area contributed by atoms with E-state index in [1.807, 2.05) is 53.9 Å². The highest BCUT2D eigenvalue weighted by atomic mass is 14.9. The van der Waals surface area contributed by atoms with Crippen LogP contribution in [0.1, 0.15) is 25.1 Å². The Bertz CT molecular complexity index is 721. The second-order valence-electron chi connectivity index (χ2n) is 4.31. The number of nitrogens with zero attached hydrogens (tertiary/aromatic N) is 2. The first-order valence-corrected chi connectivity index (χ1v) is 6.19. The van der Waals surface area contributed by atoms with Gasteiger partial charge in [0.1, 0.15) is 6.07 Å². The molecule has 94 valence electrons. The molecule has 0 fully saturated rings. The number of pyridine rings is 1. The molecule has 0 bridgehead atoms. The Morgan fingerprint density at radius 2 is 2.16 bits per heavy atom. The Morgan fingerprint density at radius 3 is 2.79 bits per heavy atom. The van der Waals surface area contributed by atoms with Crippen molar-refractivity contribution in [3.05, 3.63) is 72.1 Å². The van der Waals surface area contributed by atoms with Crippen molar-refractivity contribution in [1.82, 2.24) is 4.40 Å². The van der Waals surface area contributed by atoms with Gasteiger partial charge in [0.25, 0.3) is 0 Å². The first kappa shape index (κ1) is 12.9. The summed E-state index contributed by atoms with van der Waals surface area (Å²) in [5, 5.41) is 9.13. The predicted molar refractivity (Wildman–Crippen MR) is 79.7 cm³/mol. The van der Waals surface area contributed by atoms with Crippen LogP contribution in [0.4, 0.5) is 0 Å². The molecule has 0 saturated heterocycles. The molecule has 0 aromatic carbocycles. The van der Waals surface area contributed by atoms with Crippen LogP contribution in [-0.2, 0) is 0 Å². The average molecular weight is 248 g/mol. The number of fused-ring (bicyclic) bond motifs is 1. The van der Waals surface area contributed by atoms with E-state index in [0.29, 0.717) is 5.56 Å². The van der Waals surface area contributed by atoms with Crippen LogP contribution in [0.25, 0.3) is 11.1 Å². The average Bonchev–Trinajstić information content (AvgIpc) is 2.89. The fourth-order valence-electron chi connectivity index (χ4n) is 2.26. The van der Waals surface area contributed by atoms with E-state index in [4.69, 9.17) is 5.26 Å². The Kier molecular flexibility index (Phi) is 3.68. The summed E-state index contributed by atoms with van der Waals surface area (Å²) < 4.78 is 2.03. The Morgan fingerprint density at radius 1 is 1.37 bits per heavy atom. The van der Waals surface area contributed by atoms with Crippen LogP contribution < -0.4 is 0 Å². The zero-order valence-electron chi connectivity index (χ0n) is 11.2. The smallest absolute Gasteiger partial charge is 0.101 e. The number of rotatable bonds is 3. The molecule has 0 aliphatic heterocycles. The molecule has 0 unspecified atom stereocenters. The van der Waals surface area contributed by atoms with Crippen molar-refractivity contribution < 1.29 is 0 Å². The third-order valence-electron chi connectivity index (χ3n) is 3.13.